The summed E-state index contributed by atoms with van der Waals surface area (Å²) < 4.78 is 34.4. The highest BCUT2D eigenvalue weighted by molar-refractivity contribution is 7.76. The smallest absolute Gasteiger partial charge is 0.399 e. The van der Waals surface area contributed by atoms with Gasteiger partial charge in [-0.3, -0.25) is 13.9 Å². The maximum Gasteiger partial charge on any atom is 0.494 e. The standard InChI is InChI=1S/C48H46BN2O3P/c1-45(2)39-20-14-12-18-35(39)37-25-23-32(29-41(37)45)50-43-27-22-31(49-53-47(5,6)48(7,8)54-49)28-44(43)51(55(50,52)34-16-10-9-11-17-34)33-24-26-38-36-19-13-15-21-40(36)46(3,4)42(38)30-33/h9-30H,1-8H3. The largest absolute Gasteiger partial charge is 0.494 e. The lowest BCUT2D eigenvalue weighted by atomic mass is 9.78. The van der Waals surface area contributed by atoms with Gasteiger partial charge < -0.3 is 9.31 Å². The molecule has 0 spiro atoms. The predicted octanol–water partition coefficient (Wildman–Crippen LogP) is 11.4. The van der Waals surface area contributed by atoms with Crippen LogP contribution in [0, 0.1) is 0 Å². The summed E-state index contributed by atoms with van der Waals surface area (Å²) >= 11 is 0. The molecule has 274 valence electrons. The minimum absolute atomic E-state index is 0.220. The van der Waals surface area contributed by atoms with Gasteiger partial charge in [0.15, 0.2) is 0 Å². The van der Waals surface area contributed by atoms with Gasteiger partial charge in [-0.15, -0.1) is 0 Å². The molecule has 0 saturated carbocycles. The first-order valence-electron chi connectivity index (χ1n) is 19.4. The molecule has 0 bridgehead atoms. The molecular formula is C48H46BN2O3P. The SMILES string of the molecule is CC1(C)c2ccccc2-c2ccc(N3c4ccc(B5OC(C)(C)C(C)(C)O5)cc4N(c4ccc5c(c4)C(C)(C)c4ccccc4-5)P3(=O)c3ccccc3)cc21. The molecule has 6 aromatic rings. The van der Waals surface area contributed by atoms with Crippen LogP contribution in [0.5, 0.6) is 0 Å². The Kier molecular flexibility index (Phi) is 7.15. The molecule has 2 aliphatic heterocycles. The summed E-state index contributed by atoms with van der Waals surface area (Å²) in [5, 5.41) is 0.759. The summed E-state index contributed by atoms with van der Waals surface area (Å²) in [6, 6.07) is 47.1. The molecule has 6 aromatic carbocycles. The molecule has 7 heteroatoms. The Morgan fingerprint density at radius 3 is 1.45 bits per heavy atom. The van der Waals surface area contributed by atoms with Crippen LogP contribution in [0.4, 0.5) is 22.7 Å². The zero-order valence-electron chi connectivity index (χ0n) is 32.8. The van der Waals surface area contributed by atoms with E-state index in [-0.39, 0.29) is 10.8 Å². The van der Waals surface area contributed by atoms with E-state index in [4.69, 9.17) is 9.31 Å². The maximum atomic E-state index is 16.9. The Bertz CT molecular complexity index is 2610. The van der Waals surface area contributed by atoms with Crippen molar-refractivity contribution < 1.29 is 13.9 Å². The summed E-state index contributed by atoms with van der Waals surface area (Å²) in [6.45, 7) is 17.5. The Morgan fingerprint density at radius 1 is 0.473 bits per heavy atom. The fourth-order valence-corrected chi connectivity index (χ4v) is 12.5. The molecule has 5 nitrogen and oxygen atoms in total. The van der Waals surface area contributed by atoms with Crippen molar-refractivity contribution in [2.24, 2.45) is 0 Å². The summed E-state index contributed by atoms with van der Waals surface area (Å²) in [5.74, 6) is 0. The lowest BCUT2D eigenvalue weighted by Gasteiger charge is -2.34. The van der Waals surface area contributed by atoms with E-state index >= 15 is 4.57 Å². The van der Waals surface area contributed by atoms with Crippen LogP contribution < -0.4 is 20.1 Å². The summed E-state index contributed by atoms with van der Waals surface area (Å²) in [7, 11) is -4.24. The van der Waals surface area contributed by atoms with Gasteiger partial charge in [-0.2, -0.15) is 0 Å². The molecule has 1 unspecified atom stereocenters. The monoisotopic (exact) mass is 740 g/mol. The molecule has 4 aliphatic rings. The van der Waals surface area contributed by atoms with Gasteiger partial charge in [-0.1, -0.05) is 113 Å². The van der Waals surface area contributed by atoms with Crippen LogP contribution in [-0.2, 0) is 24.7 Å². The van der Waals surface area contributed by atoms with Gasteiger partial charge >= 0.3 is 14.6 Å². The molecule has 1 atom stereocenters. The van der Waals surface area contributed by atoms with Gasteiger partial charge in [0.1, 0.15) is 0 Å². The average Bonchev–Trinajstić information content (AvgIpc) is 3.75. The second kappa shape index (κ2) is 11.4. The quantitative estimate of drug-likeness (QED) is 0.133. The molecule has 2 heterocycles. The molecule has 0 amide bonds. The van der Waals surface area contributed by atoms with Crippen LogP contribution >= 0.6 is 7.44 Å². The minimum Gasteiger partial charge on any atom is -0.399 e. The van der Waals surface area contributed by atoms with Crippen molar-refractivity contribution in [2.45, 2.75) is 77.4 Å². The number of benzene rings is 6. The van der Waals surface area contributed by atoms with Gasteiger partial charge in [0, 0.05) is 22.2 Å². The Labute approximate surface area is 325 Å². The summed E-state index contributed by atoms with van der Waals surface area (Å²) in [4.78, 5) is 0. The first kappa shape index (κ1) is 34.6. The zero-order valence-corrected chi connectivity index (χ0v) is 33.7. The van der Waals surface area contributed by atoms with Crippen molar-refractivity contribution in [2.75, 3.05) is 9.34 Å². The van der Waals surface area contributed by atoms with Crippen molar-refractivity contribution in [3.8, 4) is 22.3 Å². The highest BCUT2D eigenvalue weighted by Gasteiger charge is 2.54. The van der Waals surface area contributed by atoms with E-state index in [1.807, 2.05) is 30.3 Å². The summed E-state index contributed by atoms with van der Waals surface area (Å²) in [6.07, 6.45) is 0. The Hall–Kier alpha value is -4.87. The minimum atomic E-state index is -3.67. The molecular weight excluding hydrogens is 694 g/mol. The van der Waals surface area contributed by atoms with E-state index in [0.29, 0.717) is 0 Å². The van der Waals surface area contributed by atoms with E-state index in [0.717, 1.165) is 33.5 Å². The molecule has 0 radical (unpaired) electrons. The fraction of sp³-hybridized carbons (Fsp3) is 0.250. The third-order valence-corrected chi connectivity index (χ3v) is 16.2. The normalized spacial score (nSPS) is 21.6. The first-order valence-corrected chi connectivity index (χ1v) is 21.0. The van der Waals surface area contributed by atoms with Crippen molar-refractivity contribution in [3.63, 3.8) is 0 Å². The van der Waals surface area contributed by atoms with Crippen molar-refractivity contribution >= 4 is 48.1 Å². The lowest BCUT2D eigenvalue weighted by Crippen LogP contribution is -2.41. The Balaban J connectivity index is 1.22. The van der Waals surface area contributed by atoms with Crippen LogP contribution in [0.2, 0.25) is 0 Å². The fourth-order valence-electron chi connectivity index (χ4n) is 9.49. The van der Waals surface area contributed by atoms with Gasteiger partial charge in [-0.25, -0.2) is 0 Å². The number of rotatable bonds is 4. The molecule has 1 saturated heterocycles. The maximum absolute atomic E-state index is 16.9. The number of fused-ring (bicyclic) bond motifs is 7. The molecule has 10 rings (SSSR count). The second-order valence-corrected chi connectivity index (χ2v) is 20.0. The van der Waals surface area contributed by atoms with Gasteiger partial charge in [0.2, 0.25) is 0 Å². The average molecular weight is 741 g/mol. The van der Waals surface area contributed by atoms with E-state index in [9.17, 15) is 0 Å². The molecule has 55 heavy (non-hydrogen) atoms. The van der Waals surface area contributed by atoms with Gasteiger partial charge in [0.25, 0.3) is 0 Å². The number of anilines is 4. The van der Waals surface area contributed by atoms with Crippen LogP contribution in [0.1, 0.15) is 77.6 Å². The third-order valence-electron chi connectivity index (χ3n) is 13.2. The van der Waals surface area contributed by atoms with E-state index in [1.165, 1.54) is 44.5 Å². The lowest BCUT2D eigenvalue weighted by molar-refractivity contribution is 0.00578. The number of hydrogen-bond acceptors (Lipinski definition) is 3. The highest BCUT2D eigenvalue weighted by atomic mass is 31.2. The predicted molar refractivity (Wildman–Crippen MR) is 228 cm³/mol. The topological polar surface area (TPSA) is 42.0 Å². The molecule has 0 aromatic heterocycles. The van der Waals surface area contributed by atoms with Crippen molar-refractivity contribution in [1.82, 2.24) is 0 Å². The second-order valence-electron chi connectivity index (χ2n) is 17.6. The number of nitrogens with zero attached hydrogens (tertiary/aromatic N) is 2. The van der Waals surface area contributed by atoms with E-state index in [2.05, 4.69) is 168 Å². The van der Waals surface area contributed by atoms with Crippen molar-refractivity contribution in [1.29, 1.82) is 0 Å². The van der Waals surface area contributed by atoms with Crippen LogP contribution in [-0.4, -0.2) is 18.3 Å². The van der Waals surface area contributed by atoms with Gasteiger partial charge in [0.05, 0.1) is 27.9 Å². The van der Waals surface area contributed by atoms with Crippen LogP contribution in [0.25, 0.3) is 22.3 Å². The van der Waals surface area contributed by atoms with E-state index < -0.39 is 25.8 Å². The first-order chi connectivity index (χ1) is 26.1. The highest BCUT2D eigenvalue weighted by Crippen LogP contribution is 2.70. The Morgan fingerprint density at radius 2 is 0.927 bits per heavy atom. The van der Waals surface area contributed by atoms with Gasteiger partial charge in [-0.05, 0) is 126 Å². The summed E-state index contributed by atoms with van der Waals surface area (Å²) in [5.41, 5.74) is 13.0. The third kappa shape index (κ3) is 4.66. The zero-order chi connectivity index (χ0) is 38.3. The number of hydrogen-bond donors (Lipinski definition) is 0. The van der Waals surface area contributed by atoms with Crippen LogP contribution in [0.15, 0.2) is 133 Å². The van der Waals surface area contributed by atoms with E-state index in [1.54, 1.807) is 0 Å². The van der Waals surface area contributed by atoms with Crippen molar-refractivity contribution in [3.05, 3.63) is 156 Å². The molecule has 1 fully saturated rings. The molecule has 0 N–H and O–H groups in total. The molecule has 2 aliphatic carbocycles. The van der Waals surface area contributed by atoms with Crippen LogP contribution in [0.3, 0.4) is 0 Å².